The second-order valence-corrected chi connectivity index (χ2v) is 6.08. The van der Waals surface area contributed by atoms with Crippen LogP contribution in [-0.4, -0.2) is 44.7 Å². The Labute approximate surface area is 101 Å². The quantitative estimate of drug-likeness (QED) is 0.672. The van der Waals surface area contributed by atoms with Gasteiger partial charge in [-0.1, -0.05) is 13.8 Å². The van der Waals surface area contributed by atoms with Gasteiger partial charge < -0.3 is 16.0 Å². The summed E-state index contributed by atoms with van der Waals surface area (Å²) in [6.07, 6.45) is 4.07. The number of nitrogens with one attached hydrogen (secondary N) is 1. The predicted octanol–water partition coefficient (Wildman–Crippen LogP) is 1.29. The minimum absolute atomic E-state index is 0.243. The van der Waals surface area contributed by atoms with E-state index < -0.39 is 0 Å². The van der Waals surface area contributed by atoms with Crippen LogP contribution >= 0.6 is 0 Å². The molecule has 1 aliphatic heterocycles. The molecule has 3 nitrogen and oxygen atoms in total. The predicted molar refractivity (Wildman–Crippen MR) is 70.5 cm³/mol. The highest BCUT2D eigenvalue weighted by atomic mass is 15.1. The van der Waals surface area contributed by atoms with Crippen molar-refractivity contribution in [3.63, 3.8) is 0 Å². The Balaban J connectivity index is 2.03. The molecule has 0 radical (unpaired) electrons. The van der Waals surface area contributed by atoms with Crippen LogP contribution in [0, 0.1) is 11.3 Å². The van der Waals surface area contributed by atoms with Gasteiger partial charge in [0.25, 0.3) is 0 Å². The summed E-state index contributed by atoms with van der Waals surface area (Å²) in [5.74, 6) is 0.935. The zero-order chi connectivity index (χ0) is 12.0. The van der Waals surface area contributed by atoms with Crippen LogP contribution in [0.1, 0.15) is 33.1 Å². The number of rotatable bonds is 6. The average Bonchev–Trinajstić information content (AvgIpc) is 2.27. The summed E-state index contributed by atoms with van der Waals surface area (Å²) in [5.41, 5.74) is 5.94. The molecule has 0 amide bonds. The number of hydrogen-bond donors (Lipinski definition) is 2. The standard InChI is InChI=1S/C13H29N3/c1-13(2,10-14)11-15-7-4-12-5-8-16(3)9-6-12/h12,15H,4-11,14H2,1-3H3. The van der Waals surface area contributed by atoms with E-state index in [1.807, 2.05) is 0 Å². The van der Waals surface area contributed by atoms with Crippen molar-refractivity contribution in [2.24, 2.45) is 17.1 Å². The fourth-order valence-corrected chi connectivity index (χ4v) is 2.16. The summed E-state index contributed by atoms with van der Waals surface area (Å²) in [4.78, 5) is 2.43. The topological polar surface area (TPSA) is 41.3 Å². The van der Waals surface area contributed by atoms with Gasteiger partial charge in [0.15, 0.2) is 0 Å². The SMILES string of the molecule is CN1CCC(CCNCC(C)(C)CN)CC1. The minimum atomic E-state index is 0.243. The lowest BCUT2D eigenvalue weighted by molar-refractivity contribution is 0.210. The monoisotopic (exact) mass is 227 g/mol. The van der Waals surface area contributed by atoms with Crippen LogP contribution in [0.2, 0.25) is 0 Å². The minimum Gasteiger partial charge on any atom is -0.330 e. The van der Waals surface area contributed by atoms with Gasteiger partial charge in [0.2, 0.25) is 0 Å². The summed E-state index contributed by atoms with van der Waals surface area (Å²) in [6, 6.07) is 0. The molecule has 16 heavy (non-hydrogen) atoms. The lowest BCUT2D eigenvalue weighted by atomic mass is 9.92. The van der Waals surface area contributed by atoms with Crippen molar-refractivity contribution >= 4 is 0 Å². The molecule has 0 unspecified atom stereocenters. The van der Waals surface area contributed by atoms with E-state index in [1.165, 1.54) is 32.4 Å². The number of nitrogens with zero attached hydrogens (tertiary/aromatic N) is 1. The third kappa shape index (κ3) is 5.28. The fourth-order valence-electron chi connectivity index (χ4n) is 2.16. The van der Waals surface area contributed by atoms with E-state index in [9.17, 15) is 0 Å². The van der Waals surface area contributed by atoms with Crippen molar-refractivity contribution in [1.82, 2.24) is 10.2 Å². The fraction of sp³-hybridized carbons (Fsp3) is 1.00. The highest BCUT2D eigenvalue weighted by Gasteiger charge is 2.17. The molecule has 3 N–H and O–H groups in total. The molecule has 96 valence electrons. The Morgan fingerprint density at radius 2 is 1.94 bits per heavy atom. The van der Waals surface area contributed by atoms with Crippen molar-refractivity contribution in [3.05, 3.63) is 0 Å². The van der Waals surface area contributed by atoms with E-state index in [4.69, 9.17) is 5.73 Å². The Kier molecular flexibility index (Phi) is 5.73. The van der Waals surface area contributed by atoms with E-state index in [1.54, 1.807) is 0 Å². The van der Waals surface area contributed by atoms with Crippen molar-refractivity contribution < 1.29 is 0 Å². The maximum absolute atomic E-state index is 5.70. The Morgan fingerprint density at radius 1 is 1.31 bits per heavy atom. The summed E-state index contributed by atoms with van der Waals surface area (Å²) >= 11 is 0. The maximum Gasteiger partial charge on any atom is 0.00146 e. The zero-order valence-electron chi connectivity index (χ0n) is 11.3. The maximum atomic E-state index is 5.70. The van der Waals surface area contributed by atoms with Crippen LogP contribution in [0.15, 0.2) is 0 Å². The van der Waals surface area contributed by atoms with Gasteiger partial charge in [0, 0.05) is 6.54 Å². The first kappa shape index (κ1) is 13.9. The molecular formula is C13H29N3. The molecule has 1 saturated heterocycles. The summed E-state index contributed by atoms with van der Waals surface area (Å²) in [6.45, 7) is 9.94. The molecule has 0 aromatic carbocycles. The number of nitrogens with two attached hydrogens (primary N) is 1. The van der Waals surface area contributed by atoms with Crippen LogP contribution in [0.5, 0.6) is 0 Å². The summed E-state index contributed by atoms with van der Waals surface area (Å²) < 4.78 is 0. The first-order chi connectivity index (χ1) is 7.53. The molecule has 0 aromatic heterocycles. The first-order valence-corrected chi connectivity index (χ1v) is 6.63. The van der Waals surface area contributed by atoms with Gasteiger partial charge in [-0.2, -0.15) is 0 Å². The molecular weight excluding hydrogens is 198 g/mol. The van der Waals surface area contributed by atoms with Crippen molar-refractivity contribution in [1.29, 1.82) is 0 Å². The average molecular weight is 227 g/mol. The molecule has 1 aliphatic rings. The second kappa shape index (κ2) is 6.58. The van der Waals surface area contributed by atoms with Gasteiger partial charge in [-0.05, 0) is 63.8 Å². The van der Waals surface area contributed by atoms with Gasteiger partial charge in [-0.3, -0.25) is 0 Å². The van der Waals surface area contributed by atoms with Gasteiger partial charge in [0.1, 0.15) is 0 Å². The molecule has 0 spiro atoms. The summed E-state index contributed by atoms with van der Waals surface area (Å²) in [5, 5.41) is 3.54. The lowest BCUT2D eigenvalue weighted by Gasteiger charge is -2.29. The van der Waals surface area contributed by atoms with E-state index in [0.29, 0.717) is 0 Å². The highest BCUT2D eigenvalue weighted by Crippen LogP contribution is 2.19. The van der Waals surface area contributed by atoms with E-state index in [-0.39, 0.29) is 5.41 Å². The van der Waals surface area contributed by atoms with Crippen molar-refractivity contribution in [2.45, 2.75) is 33.1 Å². The number of piperidine rings is 1. The molecule has 1 rings (SSSR count). The van der Waals surface area contributed by atoms with E-state index >= 15 is 0 Å². The largest absolute Gasteiger partial charge is 0.330 e. The Bertz CT molecular complexity index is 184. The molecule has 1 heterocycles. The molecule has 0 saturated carbocycles. The number of hydrogen-bond acceptors (Lipinski definition) is 3. The summed E-state index contributed by atoms with van der Waals surface area (Å²) in [7, 11) is 2.22. The van der Waals surface area contributed by atoms with Crippen LogP contribution in [0.4, 0.5) is 0 Å². The highest BCUT2D eigenvalue weighted by molar-refractivity contribution is 4.74. The third-order valence-electron chi connectivity index (χ3n) is 3.72. The van der Waals surface area contributed by atoms with Crippen LogP contribution in [-0.2, 0) is 0 Å². The van der Waals surface area contributed by atoms with Crippen molar-refractivity contribution in [2.75, 3.05) is 39.8 Å². The molecule has 0 aliphatic carbocycles. The zero-order valence-corrected chi connectivity index (χ0v) is 11.3. The third-order valence-corrected chi connectivity index (χ3v) is 3.72. The number of likely N-dealkylation sites (tertiary alicyclic amines) is 1. The lowest BCUT2D eigenvalue weighted by Crippen LogP contribution is -2.37. The van der Waals surface area contributed by atoms with Crippen molar-refractivity contribution in [3.8, 4) is 0 Å². The first-order valence-electron chi connectivity index (χ1n) is 6.63. The van der Waals surface area contributed by atoms with Gasteiger partial charge in [-0.15, -0.1) is 0 Å². The molecule has 3 heteroatoms. The smallest absolute Gasteiger partial charge is 0.00146 e. The molecule has 0 bridgehead atoms. The van der Waals surface area contributed by atoms with Gasteiger partial charge in [-0.25, -0.2) is 0 Å². The Hall–Kier alpha value is -0.120. The van der Waals surface area contributed by atoms with E-state index in [2.05, 4.69) is 31.1 Å². The Morgan fingerprint density at radius 3 is 2.50 bits per heavy atom. The second-order valence-electron chi connectivity index (χ2n) is 6.08. The molecule has 0 aromatic rings. The van der Waals surface area contributed by atoms with E-state index in [0.717, 1.165) is 25.6 Å². The normalized spacial score (nSPS) is 20.2. The van der Waals surface area contributed by atoms with Gasteiger partial charge in [0.05, 0.1) is 0 Å². The van der Waals surface area contributed by atoms with Crippen LogP contribution in [0.3, 0.4) is 0 Å². The van der Waals surface area contributed by atoms with Crippen LogP contribution < -0.4 is 11.1 Å². The molecule has 0 atom stereocenters. The van der Waals surface area contributed by atoms with Crippen LogP contribution in [0.25, 0.3) is 0 Å². The van der Waals surface area contributed by atoms with Gasteiger partial charge >= 0.3 is 0 Å². The molecule has 1 fully saturated rings.